The normalized spacial score (nSPS) is 14.9. The number of aliphatic hydroxyl groups is 1. The van der Waals surface area contributed by atoms with E-state index >= 15 is 0 Å². The second kappa shape index (κ2) is 10.4. The number of para-hydroxylation sites is 3. The molecule has 0 aliphatic carbocycles. The van der Waals surface area contributed by atoms with Gasteiger partial charge in [0.25, 0.3) is 5.91 Å². The predicted molar refractivity (Wildman–Crippen MR) is 129 cm³/mol. The number of anilines is 2. The fourth-order valence-electron chi connectivity index (χ4n) is 4.05. The standard InChI is InChI=1S/C25H29N5O4/c1-4-34-19-12-7-5-10-17(19)23-22(24(32)27-18-11-6-8-13-20(18)33-3)16(2)26-25-28-21(14-9-15-31)29-30(23)25/h5-8,10-13,23,31H,4,9,14-15H2,1-3H3,(H,27,32)(H,26,28,29)/t23-/m1/s1. The third kappa shape index (κ3) is 4.60. The molecule has 0 unspecified atom stereocenters. The molecule has 0 bridgehead atoms. The molecule has 9 heteroatoms. The number of fused-ring (bicyclic) bond motifs is 1. The van der Waals surface area contributed by atoms with Gasteiger partial charge in [-0.25, -0.2) is 4.68 Å². The second-order valence-electron chi connectivity index (χ2n) is 7.81. The molecule has 0 saturated carbocycles. The lowest BCUT2D eigenvalue weighted by atomic mass is 9.94. The fourth-order valence-corrected chi connectivity index (χ4v) is 4.05. The maximum atomic E-state index is 13.7. The van der Waals surface area contributed by atoms with Gasteiger partial charge in [-0.15, -0.1) is 0 Å². The Morgan fingerprint density at radius 3 is 2.65 bits per heavy atom. The van der Waals surface area contributed by atoms with E-state index in [1.54, 1.807) is 23.9 Å². The number of nitrogens with one attached hydrogen (secondary N) is 2. The molecule has 178 valence electrons. The molecule has 9 nitrogen and oxygen atoms in total. The van der Waals surface area contributed by atoms with Crippen LogP contribution in [-0.4, -0.2) is 46.1 Å². The van der Waals surface area contributed by atoms with E-state index in [4.69, 9.17) is 14.6 Å². The van der Waals surface area contributed by atoms with Crippen LogP contribution in [0.4, 0.5) is 11.6 Å². The maximum Gasteiger partial charge on any atom is 0.255 e. The van der Waals surface area contributed by atoms with Crippen LogP contribution in [0.1, 0.15) is 37.7 Å². The minimum atomic E-state index is -0.566. The van der Waals surface area contributed by atoms with Gasteiger partial charge in [-0.3, -0.25) is 4.79 Å². The number of aromatic nitrogens is 3. The number of aliphatic hydroxyl groups excluding tert-OH is 1. The summed E-state index contributed by atoms with van der Waals surface area (Å²) in [4.78, 5) is 18.3. The van der Waals surface area contributed by atoms with Crippen molar-refractivity contribution in [3.63, 3.8) is 0 Å². The van der Waals surface area contributed by atoms with Crippen LogP contribution < -0.4 is 20.1 Å². The average Bonchev–Trinajstić information content (AvgIpc) is 3.25. The van der Waals surface area contributed by atoms with Gasteiger partial charge in [0.2, 0.25) is 5.95 Å². The number of methoxy groups -OCH3 is 1. The van der Waals surface area contributed by atoms with Crippen molar-refractivity contribution in [3.05, 3.63) is 71.2 Å². The SMILES string of the molecule is CCOc1ccccc1[C@@H]1C(C(=O)Nc2ccccc2OC)=C(C)Nc2nc(CCCO)nn21. The number of hydrogen-bond donors (Lipinski definition) is 3. The van der Waals surface area contributed by atoms with Gasteiger partial charge in [0.15, 0.2) is 5.82 Å². The van der Waals surface area contributed by atoms with E-state index in [1.807, 2.05) is 50.2 Å². The Labute approximate surface area is 198 Å². The zero-order chi connectivity index (χ0) is 24.1. The minimum absolute atomic E-state index is 0.0533. The van der Waals surface area contributed by atoms with Crippen LogP contribution in [0.2, 0.25) is 0 Å². The number of benzene rings is 2. The predicted octanol–water partition coefficient (Wildman–Crippen LogP) is 3.54. The third-order valence-electron chi connectivity index (χ3n) is 5.57. The Balaban J connectivity index is 1.80. The zero-order valence-electron chi connectivity index (χ0n) is 19.5. The van der Waals surface area contributed by atoms with E-state index in [0.717, 1.165) is 5.56 Å². The van der Waals surface area contributed by atoms with E-state index in [0.29, 0.717) is 59.7 Å². The number of nitrogens with zero attached hydrogens (tertiary/aromatic N) is 3. The Hall–Kier alpha value is -3.85. The molecule has 2 aromatic carbocycles. The molecule has 1 atom stereocenters. The van der Waals surface area contributed by atoms with Gasteiger partial charge in [0, 0.05) is 24.3 Å². The molecule has 0 saturated heterocycles. The van der Waals surface area contributed by atoms with E-state index < -0.39 is 6.04 Å². The van der Waals surface area contributed by atoms with Gasteiger partial charge < -0.3 is 25.2 Å². The van der Waals surface area contributed by atoms with Crippen molar-refractivity contribution in [3.8, 4) is 11.5 Å². The highest BCUT2D eigenvalue weighted by Gasteiger charge is 2.36. The number of carbonyl (C=O) groups excluding carboxylic acids is 1. The molecule has 3 aromatic rings. The minimum Gasteiger partial charge on any atom is -0.495 e. The van der Waals surface area contributed by atoms with Crippen LogP contribution >= 0.6 is 0 Å². The third-order valence-corrected chi connectivity index (χ3v) is 5.57. The van der Waals surface area contributed by atoms with Crippen LogP contribution in [0.3, 0.4) is 0 Å². The zero-order valence-corrected chi connectivity index (χ0v) is 19.5. The van der Waals surface area contributed by atoms with Gasteiger partial charge in [-0.2, -0.15) is 10.1 Å². The summed E-state index contributed by atoms with van der Waals surface area (Å²) in [5, 5.41) is 20.1. The summed E-state index contributed by atoms with van der Waals surface area (Å²) in [6, 6.07) is 14.3. The highest BCUT2D eigenvalue weighted by atomic mass is 16.5. The largest absolute Gasteiger partial charge is 0.495 e. The Bertz CT molecular complexity index is 1200. The number of aryl methyl sites for hydroxylation is 1. The number of hydrogen-bond acceptors (Lipinski definition) is 7. The number of ether oxygens (including phenoxy) is 2. The summed E-state index contributed by atoms with van der Waals surface area (Å²) in [6.45, 7) is 4.31. The molecule has 1 amide bonds. The molecule has 1 aromatic heterocycles. The summed E-state index contributed by atoms with van der Waals surface area (Å²) in [5.74, 6) is 2.08. The first kappa shape index (κ1) is 23.3. The van der Waals surface area contributed by atoms with Crippen LogP contribution in [0, 0.1) is 0 Å². The van der Waals surface area contributed by atoms with Crippen LogP contribution in [0.15, 0.2) is 59.8 Å². The monoisotopic (exact) mass is 463 g/mol. The average molecular weight is 464 g/mol. The molecule has 2 heterocycles. The lowest BCUT2D eigenvalue weighted by molar-refractivity contribution is -0.113. The van der Waals surface area contributed by atoms with E-state index in [2.05, 4.69) is 15.6 Å². The molecule has 0 spiro atoms. The van der Waals surface area contributed by atoms with Crippen molar-refractivity contribution in [2.75, 3.05) is 31.0 Å². The van der Waals surface area contributed by atoms with Gasteiger partial charge in [-0.05, 0) is 38.5 Å². The Morgan fingerprint density at radius 1 is 1.18 bits per heavy atom. The van der Waals surface area contributed by atoms with Crippen molar-refractivity contribution < 1.29 is 19.4 Å². The van der Waals surface area contributed by atoms with Crippen molar-refractivity contribution in [2.45, 2.75) is 32.7 Å². The Kier molecular flexibility index (Phi) is 7.12. The number of allylic oxidation sites excluding steroid dienone is 1. The number of carbonyl (C=O) groups is 1. The van der Waals surface area contributed by atoms with E-state index in [9.17, 15) is 9.90 Å². The summed E-state index contributed by atoms with van der Waals surface area (Å²) in [7, 11) is 1.56. The van der Waals surface area contributed by atoms with Crippen molar-refractivity contribution >= 4 is 17.5 Å². The van der Waals surface area contributed by atoms with Crippen LogP contribution in [0.25, 0.3) is 0 Å². The lowest BCUT2D eigenvalue weighted by Gasteiger charge is -2.29. The summed E-state index contributed by atoms with van der Waals surface area (Å²) in [6.07, 6.45) is 1.08. The fraction of sp³-hybridized carbons (Fsp3) is 0.320. The van der Waals surface area contributed by atoms with Crippen molar-refractivity contribution in [1.29, 1.82) is 0 Å². The highest BCUT2D eigenvalue weighted by molar-refractivity contribution is 6.06. The first-order chi connectivity index (χ1) is 16.6. The smallest absolute Gasteiger partial charge is 0.255 e. The van der Waals surface area contributed by atoms with Crippen molar-refractivity contribution in [1.82, 2.24) is 14.8 Å². The van der Waals surface area contributed by atoms with E-state index in [-0.39, 0.29) is 12.5 Å². The summed E-state index contributed by atoms with van der Waals surface area (Å²) < 4.78 is 13.0. The molecular formula is C25H29N5O4. The first-order valence-electron chi connectivity index (χ1n) is 11.3. The molecule has 34 heavy (non-hydrogen) atoms. The van der Waals surface area contributed by atoms with Crippen LogP contribution in [0.5, 0.6) is 11.5 Å². The maximum absolute atomic E-state index is 13.7. The first-order valence-corrected chi connectivity index (χ1v) is 11.3. The molecule has 3 N–H and O–H groups in total. The molecule has 1 aliphatic heterocycles. The van der Waals surface area contributed by atoms with Crippen LogP contribution in [-0.2, 0) is 11.2 Å². The topological polar surface area (TPSA) is 111 Å². The van der Waals surface area contributed by atoms with E-state index in [1.165, 1.54) is 0 Å². The summed E-state index contributed by atoms with van der Waals surface area (Å²) in [5.41, 5.74) is 2.52. The number of rotatable bonds is 9. The molecule has 1 aliphatic rings. The van der Waals surface area contributed by atoms with Crippen molar-refractivity contribution in [2.24, 2.45) is 0 Å². The van der Waals surface area contributed by atoms with Gasteiger partial charge in [-0.1, -0.05) is 30.3 Å². The van der Waals surface area contributed by atoms with Gasteiger partial charge in [0.1, 0.15) is 17.5 Å². The molecule has 0 fully saturated rings. The quantitative estimate of drug-likeness (QED) is 0.445. The van der Waals surface area contributed by atoms with Gasteiger partial charge in [0.05, 0.1) is 25.0 Å². The lowest BCUT2D eigenvalue weighted by Crippen LogP contribution is -2.32. The highest BCUT2D eigenvalue weighted by Crippen LogP contribution is 2.40. The molecular weight excluding hydrogens is 434 g/mol. The Morgan fingerprint density at radius 2 is 1.91 bits per heavy atom. The second-order valence-corrected chi connectivity index (χ2v) is 7.81. The summed E-state index contributed by atoms with van der Waals surface area (Å²) >= 11 is 0. The molecule has 4 rings (SSSR count). The molecule has 0 radical (unpaired) electrons. The number of amides is 1. The van der Waals surface area contributed by atoms with Gasteiger partial charge >= 0.3 is 0 Å².